The molecule has 0 aromatic heterocycles. The fraction of sp³-hybridized carbons (Fsp3) is 0.625. The van der Waals surface area contributed by atoms with Crippen molar-refractivity contribution in [2.24, 2.45) is 5.92 Å². The van der Waals surface area contributed by atoms with E-state index in [0.717, 1.165) is 24.6 Å². The molecule has 3 nitrogen and oxygen atoms in total. The minimum absolute atomic E-state index is 0.655. The highest BCUT2D eigenvalue weighted by atomic mass is 35.5. The molecule has 1 fully saturated rings. The Labute approximate surface area is 125 Å². The van der Waals surface area contributed by atoms with Gasteiger partial charge >= 0.3 is 0 Å². The van der Waals surface area contributed by atoms with Gasteiger partial charge < -0.3 is 14.8 Å². The molecule has 4 heteroatoms. The van der Waals surface area contributed by atoms with Gasteiger partial charge in [0.1, 0.15) is 0 Å². The minimum atomic E-state index is 0.655. The van der Waals surface area contributed by atoms with Gasteiger partial charge in [-0.3, -0.25) is 0 Å². The van der Waals surface area contributed by atoms with Gasteiger partial charge in [0.25, 0.3) is 0 Å². The van der Waals surface area contributed by atoms with Gasteiger partial charge in [0.2, 0.25) is 0 Å². The maximum atomic E-state index is 6.30. The van der Waals surface area contributed by atoms with Crippen molar-refractivity contribution in [1.29, 1.82) is 0 Å². The van der Waals surface area contributed by atoms with Gasteiger partial charge in [-0.2, -0.15) is 0 Å². The van der Waals surface area contributed by atoms with Crippen LogP contribution in [0.2, 0.25) is 5.02 Å². The maximum Gasteiger partial charge on any atom is 0.179 e. The smallest absolute Gasteiger partial charge is 0.179 e. The molecule has 0 amide bonds. The monoisotopic (exact) mass is 295 g/mol. The van der Waals surface area contributed by atoms with E-state index in [1.807, 2.05) is 6.07 Å². The van der Waals surface area contributed by atoms with Crippen LogP contribution in [0.1, 0.15) is 38.2 Å². The van der Waals surface area contributed by atoms with Crippen molar-refractivity contribution >= 4 is 11.6 Å². The molecule has 2 atom stereocenters. The Balaban J connectivity index is 1.63. The Hall–Kier alpha value is -0.930. The minimum Gasteiger partial charge on any atom is -0.489 e. The van der Waals surface area contributed by atoms with Crippen LogP contribution in [0.5, 0.6) is 11.5 Å². The van der Waals surface area contributed by atoms with Crippen molar-refractivity contribution < 1.29 is 9.47 Å². The predicted molar refractivity (Wildman–Crippen MR) is 80.7 cm³/mol. The summed E-state index contributed by atoms with van der Waals surface area (Å²) in [7, 11) is 0. The number of hydrogen-bond donors (Lipinski definition) is 1. The zero-order valence-electron chi connectivity index (χ0n) is 12.0. The van der Waals surface area contributed by atoms with Crippen LogP contribution in [0.25, 0.3) is 0 Å². The first kappa shape index (κ1) is 14.0. The molecule has 1 aliphatic heterocycles. The molecular formula is C16H22ClNO2. The van der Waals surface area contributed by atoms with E-state index in [1.165, 1.54) is 24.8 Å². The van der Waals surface area contributed by atoms with Crippen molar-refractivity contribution in [3.63, 3.8) is 0 Å². The van der Waals surface area contributed by atoms with Crippen LogP contribution < -0.4 is 14.8 Å². The Bertz CT molecular complexity index is 478. The van der Waals surface area contributed by atoms with Crippen LogP contribution in [0, 0.1) is 5.92 Å². The van der Waals surface area contributed by atoms with E-state index < -0.39 is 0 Å². The quantitative estimate of drug-likeness (QED) is 0.897. The van der Waals surface area contributed by atoms with Crippen LogP contribution in [-0.2, 0) is 6.54 Å². The summed E-state index contributed by atoms with van der Waals surface area (Å²) in [6, 6.07) is 4.72. The molecule has 110 valence electrons. The lowest BCUT2D eigenvalue weighted by Gasteiger charge is -2.12. The molecule has 0 bridgehead atoms. The van der Waals surface area contributed by atoms with Gasteiger partial charge in [-0.1, -0.05) is 24.9 Å². The van der Waals surface area contributed by atoms with Crippen LogP contribution in [0.15, 0.2) is 12.1 Å². The van der Waals surface area contributed by atoms with E-state index in [1.54, 1.807) is 0 Å². The predicted octanol–water partition coefficient (Wildman–Crippen LogP) is 3.78. The second-order valence-electron chi connectivity index (χ2n) is 5.73. The number of nitrogens with one attached hydrogen (secondary N) is 1. The summed E-state index contributed by atoms with van der Waals surface area (Å²) >= 11 is 6.30. The van der Waals surface area contributed by atoms with Crippen LogP contribution in [-0.4, -0.2) is 19.3 Å². The largest absolute Gasteiger partial charge is 0.489 e. The zero-order chi connectivity index (χ0) is 13.9. The summed E-state index contributed by atoms with van der Waals surface area (Å²) < 4.78 is 11.4. The summed E-state index contributed by atoms with van der Waals surface area (Å²) in [5.74, 6) is 2.35. The summed E-state index contributed by atoms with van der Waals surface area (Å²) in [6.45, 7) is 4.46. The lowest BCUT2D eigenvalue weighted by Crippen LogP contribution is -2.17. The number of benzene rings is 1. The summed E-state index contributed by atoms with van der Waals surface area (Å²) in [4.78, 5) is 0. The molecule has 1 N–H and O–H groups in total. The van der Waals surface area contributed by atoms with E-state index in [4.69, 9.17) is 21.1 Å². The Kier molecular flexibility index (Phi) is 4.37. The molecule has 1 heterocycles. The molecule has 1 aromatic rings. The number of halogens is 1. The molecule has 3 rings (SSSR count). The molecule has 0 radical (unpaired) electrons. The second kappa shape index (κ2) is 6.23. The van der Waals surface area contributed by atoms with Crippen molar-refractivity contribution in [1.82, 2.24) is 5.32 Å². The van der Waals surface area contributed by atoms with Crippen LogP contribution in [0.3, 0.4) is 0 Å². The number of ether oxygens (including phenoxy) is 2. The van der Waals surface area contributed by atoms with E-state index in [2.05, 4.69) is 18.3 Å². The highest BCUT2D eigenvalue weighted by molar-refractivity contribution is 6.32. The van der Waals surface area contributed by atoms with Crippen molar-refractivity contribution in [2.45, 2.75) is 45.2 Å². The van der Waals surface area contributed by atoms with Gasteiger partial charge in [0.15, 0.2) is 11.5 Å². The third-order valence-electron chi connectivity index (χ3n) is 4.01. The van der Waals surface area contributed by atoms with Crippen molar-refractivity contribution in [3.8, 4) is 11.5 Å². The Morgan fingerprint density at radius 2 is 2.15 bits per heavy atom. The summed E-state index contributed by atoms with van der Waals surface area (Å²) in [5, 5.41) is 4.26. The average molecular weight is 296 g/mol. The molecule has 0 saturated heterocycles. The maximum absolute atomic E-state index is 6.30. The summed E-state index contributed by atoms with van der Waals surface area (Å²) in [6.07, 6.45) is 4.82. The van der Waals surface area contributed by atoms with Crippen LogP contribution in [0.4, 0.5) is 0 Å². The molecule has 20 heavy (non-hydrogen) atoms. The SMILES string of the molecule is CCCC1CC1NCc1cc(Cl)c2c(c1)OCCCO2. The zero-order valence-corrected chi connectivity index (χ0v) is 12.7. The standard InChI is InChI=1S/C16H22ClNO2/c1-2-4-12-9-14(12)18-10-11-7-13(17)16-15(8-11)19-5-3-6-20-16/h7-8,12,14,18H,2-6,9-10H2,1H3. The van der Waals surface area contributed by atoms with E-state index >= 15 is 0 Å². The molecular weight excluding hydrogens is 274 g/mol. The van der Waals surface area contributed by atoms with Gasteiger partial charge in [0, 0.05) is 19.0 Å². The lowest BCUT2D eigenvalue weighted by molar-refractivity contribution is 0.297. The molecule has 1 saturated carbocycles. The highest BCUT2D eigenvalue weighted by Gasteiger charge is 2.35. The number of hydrogen-bond acceptors (Lipinski definition) is 3. The first-order valence-electron chi connectivity index (χ1n) is 7.59. The fourth-order valence-corrected chi connectivity index (χ4v) is 3.11. The fourth-order valence-electron chi connectivity index (χ4n) is 2.82. The van der Waals surface area contributed by atoms with Crippen molar-refractivity contribution in [3.05, 3.63) is 22.7 Å². The van der Waals surface area contributed by atoms with E-state index in [-0.39, 0.29) is 0 Å². The number of fused-ring (bicyclic) bond motifs is 1. The van der Waals surface area contributed by atoms with Crippen molar-refractivity contribution in [2.75, 3.05) is 13.2 Å². The molecule has 1 aromatic carbocycles. The first-order valence-corrected chi connectivity index (χ1v) is 7.97. The number of rotatable bonds is 5. The Morgan fingerprint density at radius 3 is 3.00 bits per heavy atom. The second-order valence-corrected chi connectivity index (χ2v) is 6.13. The van der Waals surface area contributed by atoms with Gasteiger partial charge in [-0.25, -0.2) is 0 Å². The van der Waals surface area contributed by atoms with E-state index in [0.29, 0.717) is 30.0 Å². The average Bonchev–Trinajstić information content (AvgIpc) is 3.19. The van der Waals surface area contributed by atoms with E-state index in [9.17, 15) is 0 Å². The lowest BCUT2D eigenvalue weighted by atomic mass is 10.2. The highest BCUT2D eigenvalue weighted by Crippen LogP contribution is 2.39. The third kappa shape index (κ3) is 3.21. The topological polar surface area (TPSA) is 30.5 Å². The van der Waals surface area contributed by atoms with Crippen LogP contribution >= 0.6 is 11.6 Å². The first-order chi connectivity index (χ1) is 9.78. The Morgan fingerprint density at radius 1 is 1.30 bits per heavy atom. The van der Waals surface area contributed by atoms with Gasteiger partial charge in [0.05, 0.1) is 18.2 Å². The molecule has 1 aliphatic carbocycles. The molecule has 2 aliphatic rings. The normalized spacial score (nSPS) is 24.3. The molecule has 0 spiro atoms. The third-order valence-corrected chi connectivity index (χ3v) is 4.29. The van der Waals surface area contributed by atoms with Gasteiger partial charge in [-0.15, -0.1) is 0 Å². The van der Waals surface area contributed by atoms with Gasteiger partial charge in [-0.05, 0) is 36.5 Å². The summed E-state index contributed by atoms with van der Waals surface area (Å²) in [5.41, 5.74) is 1.17. The molecule has 2 unspecified atom stereocenters.